The Morgan fingerprint density at radius 3 is 2.50 bits per heavy atom. The van der Waals surface area contributed by atoms with Crippen molar-refractivity contribution in [2.24, 2.45) is 0 Å². The zero-order chi connectivity index (χ0) is 15.0. The summed E-state index contributed by atoms with van der Waals surface area (Å²) in [6, 6.07) is 8.08. The fraction of sp³-hybridized carbons (Fsp3) is 0.214. The number of hydrogen-bond donors (Lipinski definition) is 1. The zero-order valence-corrected chi connectivity index (χ0v) is 10.8. The van der Waals surface area contributed by atoms with Crippen LogP contribution in [0.15, 0.2) is 29.8 Å². The average Bonchev–Trinajstić information content (AvgIpc) is 2.44. The quantitative estimate of drug-likeness (QED) is 0.481. The molecule has 1 aromatic rings. The van der Waals surface area contributed by atoms with Gasteiger partial charge in [0.15, 0.2) is 6.61 Å². The smallest absolute Gasteiger partial charge is 0.348 e. The molecule has 104 valence electrons. The van der Waals surface area contributed by atoms with Gasteiger partial charge in [-0.15, -0.1) is 0 Å². The molecule has 0 saturated heterocycles. The van der Waals surface area contributed by atoms with Gasteiger partial charge in [0.2, 0.25) is 0 Å². The van der Waals surface area contributed by atoms with Crippen LogP contribution in [0.25, 0.3) is 6.08 Å². The summed E-state index contributed by atoms with van der Waals surface area (Å²) in [5.74, 6) is -1.36. The lowest BCUT2D eigenvalue weighted by Crippen LogP contribution is -2.09. The molecule has 0 aliphatic carbocycles. The van der Waals surface area contributed by atoms with Crippen molar-refractivity contribution >= 4 is 18.0 Å². The SMILES string of the molecule is CCOC(=O)/C(C#N)=C\c1ccc(OCC(=O)O)cc1. The molecule has 0 bridgehead atoms. The van der Waals surface area contributed by atoms with Crippen LogP contribution in [-0.2, 0) is 14.3 Å². The Bertz CT molecular complexity index is 554. The number of carboxylic acids is 1. The molecule has 0 aliphatic heterocycles. The highest BCUT2D eigenvalue weighted by Crippen LogP contribution is 2.15. The minimum absolute atomic E-state index is 0.106. The van der Waals surface area contributed by atoms with Gasteiger partial charge in [-0.2, -0.15) is 5.26 Å². The van der Waals surface area contributed by atoms with Crippen molar-refractivity contribution in [3.05, 3.63) is 35.4 Å². The molecule has 6 nitrogen and oxygen atoms in total. The van der Waals surface area contributed by atoms with E-state index in [9.17, 15) is 9.59 Å². The Hall–Kier alpha value is -2.81. The van der Waals surface area contributed by atoms with E-state index in [1.807, 2.05) is 0 Å². The summed E-state index contributed by atoms with van der Waals surface area (Å²) >= 11 is 0. The topological polar surface area (TPSA) is 96.6 Å². The Labute approximate surface area is 115 Å². The van der Waals surface area contributed by atoms with Gasteiger partial charge >= 0.3 is 11.9 Å². The van der Waals surface area contributed by atoms with E-state index < -0.39 is 18.5 Å². The summed E-state index contributed by atoms with van der Waals surface area (Å²) < 4.78 is 9.70. The standard InChI is InChI=1S/C14H13NO5/c1-2-19-14(18)11(8-15)7-10-3-5-12(6-4-10)20-9-13(16)17/h3-7H,2,9H2,1H3,(H,16,17)/b11-7-. The number of carboxylic acid groups (broad SMARTS) is 1. The van der Waals surface area contributed by atoms with E-state index in [4.69, 9.17) is 19.8 Å². The molecule has 0 fully saturated rings. The molecule has 0 heterocycles. The van der Waals surface area contributed by atoms with Crippen molar-refractivity contribution in [1.29, 1.82) is 5.26 Å². The fourth-order valence-corrected chi connectivity index (χ4v) is 1.32. The molecule has 0 spiro atoms. The predicted octanol–water partition coefficient (Wildman–Crippen LogP) is 1.62. The lowest BCUT2D eigenvalue weighted by molar-refractivity contribution is -0.139. The van der Waals surface area contributed by atoms with Gasteiger partial charge in [-0.25, -0.2) is 9.59 Å². The number of hydrogen-bond acceptors (Lipinski definition) is 5. The van der Waals surface area contributed by atoms with Crippen LogP contribution in [0.4, 0.5) is 0 Å². The highest BCUT2D eigenvalue weighted by atomic mass is 16.5. The third kappa shape index (κ3) is 4.82. The van der Waals surface area contributed by atoms with Gasteiger partial charge in [0.25, 0.3) is 0 Å². The third-order valence-electron chi connectivity index (χ3n) is 2.17. The first-order valence-electron chi connectivity index (χ1n) is 5.80. The molecule has 6 heteroatoms. The molecular weight excluding hydrogens is 262 g/mol. The molecule has 0 atom stereocenters. The molecular formula is C14H13NO5. The minimum atomic E-state index is -1.07. The predicted molar refractivity (Wildman–Crippen MR) is 69.8 cm³/mol. The van der Waals surface area contributed by atoms with Crippen LogP contribution in [0.3, 0.4) is 0 Å². The number of nitrogens with zero attached hydrogens (tertiary/aromatic N) is 1. The van der Waals surface area contributed by atoms with Crippen molar-refractivity contribution in [1.82, 2.24) is 0 Å². The van der Waals surface area contributed by atoms with Crippen LogP contribution in [0, 0.1) is 11.3 Å². The van der Waals surface area contributed by atoms with Crippen LogP contribution in [-0.4, -0.2) is 30.3 Å². The normalized spacial score (nSPS) is 10.5. The summed E-state index contributed by atoms with van der Waals surface area (Å²) in [6.07, 6.45) is 1.39. The lowest BCUT2D eigenvalue weighted by Gasteiger charge is -2.03. The molecule has 20 heavy (non-hydrogen) atoms. The van der Waals surface area contributed by atoms with Crippen molar-refractivity contribution in [2.75, 3.05) is 13.2 Å². The van der Waals surface area contributed by atoms with Crippen LogP contribution in [0.1, 0.15) is 12.5 Å². The van der Waals surface area contributed by atoms with Gasteiger partial charge in [-0.05, 0) is 30.7 Å². The summed E-state index contributed by atoms with van der Waals surface area (Å²) in [7, 11) is 0. The molecule has 0 amide bonds. The Morgan fingerprint density at radius 1 is 1.35 bits per heavy atom. The Balaban J connectivity index is 2.79. The van der Waals surface area contributed by atoms with Crippen LogP contribution >= 0.6 is 0 Å². The molecule has 1 N–H and O–H groups in total. The minimum Gasteiger partial charge on any atom is -0.482 e. The fourth-order valence-electron chi connectivity index (χ4n) is 1.32. The number of nitriles is 1. The summed E-state index contributed by atoms with van der Waals surface area (Å²) in [6.45, 7) is 1.42. The van der Waals surface area contributed by atoms with Gasteiger partial charge in [0.05, 0.1) is 6.61 Å². The number of rotatable bonds is 6. The maximum absolute atomic E-state index is 11.4. The van der Waals surface area contributed by atoms with Crippen molar-refractivity contribution in [3.63, 3.8) is 0 Å². The van der Waals surface area contributed by atoms with Crippen molar-refractivity contribution < 1.29 is 24.2 Å². The number of esters is 1. The number of carbonyl (C=O) groups is 2. The number of benzene rings is 1. The summed E-state index contributed by atoms with van der Waals surface area (Å²) in [4.78, 5) is 21.8. The van der Waals surface area contributed by atoms with Crippen LogP contribution in [0.5, 0.6) is 5.75 Å². The molecule has 1 rings (SSSR count). The third-order valence-corrected chi connectivity index (χ3v) is 2.17. The van der Waals surface area contributed by atoms with E-state index in [-0.39, 0.29) is 12.2 Å². The summed E-state index contributed by atoms with van der Waals surface area (Å²) in [5.41, 5.74) is 0.503. The molecule has 0 unspecified atom stereocenters. The second-order valence-electron chi connectivity index (χ2n) is 3.64. The maximum Gasteiger partial charge on any atom is 0.348 e. The molecule has 0 aliphatic rings. The number of carbonyl (C=O) groups excluding carboxylic acids is 1. The van der Waals surface area contributed by atoms with E-state index in [0.29, 0.717) is 11.3 Å². The van der Waals surface area contributed by atoms with Crippen molar-refractivity contribution in [2.45, 2.75) is 6.92 Å². The van der Waals surface area contributed by atoms with E-state index >= 15 is 0 Å². The van der Waals surface area contributed by atoms with E-state index in [1.165, 1.54) is 6.08 Å². The first-order valence-corrected chi connectivity index (χ1v) is 5.80. The Kier molecular flexibility index (Phi) is 5.78. The van der Waals surface area contributed by atoms with E-state index in [0.717, 1.165) is 0 Å². The highest BCUT2D eigenvalue weighted by Gasteiger charge is 2.09. The molecule has 0 saturated carbocycles. The van der Waals surface area contributed by atoms with Gasteiger partial charge < -0.3 is 14.6 Å². The maximum atomic E-state index is 11.4. The zero-order valence-electron chi connectivity index (χ0n) is 10.8. The monoisotopic (exact) mass is 275 g/mol. The Morgan fingerprint density at radius 2 is 2.00 bits per heavy atom. The van der Waals surface area contributed by atoms with Crippen molar-refractivity contribution in [3.8, 4) is 11.8 Å². The first-order chi connectivity index (χ1) is 9.56. The van der Waals surface area contributed by atoms with Gasteiger partial charge in [0, 0.05) is 0 Å². The van der Waals surface area contributed by atoms with Crippen LogP contribution in [0.2, 0.25) is 0 Å². The van der Waals surface area contributed by atoms with E-state index in [2.05, 4.69) is 0 Å². The van der Waals surface area contributed by atoms with E-state index in [1.54, 1.807) is 37.3 Å². The second kappa shape index (κ2) is 7.59. The first kappa shape index (κ1) is 15.2. The number of ether oxygens (including phenoxy) is 2. The molecule has 0 aromatic heterocycles. The van der Waals surface area contributed by atoms with Crippen LogP contribution < -0.4 is 4.74 Å². The largest absolute Gasteiger partial charge is 0.482 e. The van der Waals surface area contributed by atoms with Gasteiger partial charge in [-0.3, -0.25) is 0 Å². The van der Waals surface area contributed by atoms with Gasteiger partial charge in [0.1, 0.15) is 17.4 Å². The lowest BCUT2D eigenvalue weighted by atomic mass is 10.1. The average molecular weight is 275 g/mol. The number of aliphatic carboxylic acids is 1. The van der Waals surface area contributed by atoms with Gasteiger partial charge in [-0.1, -0.05) is 12.1 Å². The second-order valence-corrected chi connectivity index (χ2v) is 3.64. The summed E-state index contributed by atoms with van der Waals surface area (Å²) in [5, 5.41) is 17.3. The molecule has 1 aromatic carbocycles. The molecule has 0 radical (unpaired) electrons. The highest BCUT2D eigenvalue weighted by molar-refractivity contribution is 5.97.